The van der Waals surface area contributed by atoms with Crippen LogP contribution in [-0.4, -0.2) is 16.1 Å². The van der Waals surface area contributed by atoms with Crippen molar-refractivity contribution in [1.29, 1.82) is 0 Å². The van der Waals surface area contributed by atoms with E-state index in [2.05, 4.69) is 15.5 Å². The van der Waals surface area contributed by atoms with Crippen molar-refractivity contribution in [2.45, 2.75) is 27.7 Å². The number of aryl methyl sites for hydroxylation is 4. The summed E-state index contributed by atoms with van der Waals surface area (Å²) in [5, 5.41) is 9.82. The van der Waals surface area contributed by atoms with Gasteiger partial charge in [-0.15, -0.1) is 0 Å². The van der Waals surface area contributed by atoms with E-state index >= 15 is 0 Å². The second-order valence-corrected chi connectivity index (χ2v) is 4.53. The van der Waals surface area contributed by atoms with Crippen LogP contribution < -0.4 is 5.32 Å². The van der Waals surface area contributed by atoms with Gasteiger partial charge in [0.1, 0.15) is 0 Å². The van der Waals surface area contributed by atoms with E-state index in [0.717, 1.165) is 28.2 Å². The summed E-state index contributed by atoms with van der Waals surface area (Å²) in [7, 11) is 0. The van der Waals surface area contributed by atoms with Crippen LogP contribution >= 0.6 is 0 Å². The molecule has 0 aliphatic rings. The number of para-hydroxylation sites is 1. The molecule has 0 aliphatic carbocycles. The van der Waals surface area contributed by atoms with Gasteiger partial charge < -0.3 is 5.32 Å². The van der Waals surface area contributed by atoms with Crippen molar-refractivity contribution >= 4 is 11.6 Å². The molecule has 1 aromatic heterocycles. The van der Waals surface area contributed by atoms with Crippen LogP contribution in [0.3, 0.4) is 0 Å². The van der Waals surface area contributed by atoms with E-state index in [9.17, 15) is 4.79 Å². The van der Waals surface area contributed by atoms with Crippen LogP contribution in [0, 0.1) is 27.7 Å². The summed E-state index contributed by atoms with van der Waals surface area (Å²) in [4.78, 5) is 12.3. The Morgan fingerprint density at radius 1 is 1.17 bits per heavy atom. The number of rotatable bonds is 2. The maximum Gasteiger partial charge on any atom is 0.259 e. The first kappa shape index (κ1) is 12.4. The lowest BCUT2D eigenvalue weighted by molar-refractivity contribution is 0.102. The average Bonchev–Trinajstić information content (AvgIpc) is 2.64. The fourth-order valence-electron chi connectivity index (χ4n) is 2.07. The molecule has 2 aromatic rings. The van der Waals surface area contributed by atoms with Crippen molar-refractivity contribution < 1.29 is 4.79 Å². The molecular formula is C14H17N3O. The minimum atomic E-state index is -0.115. The fraction of sp³-hybridized carbons (Fsp3) is 0.286. The van der Waals surface area contributed by atoms with Crippen molar-refractivity contribution in [3.8, 4) is 0 Å². The summed E-state index contributed by atoms with van der Waals surface area (Å²) in [6, 6.07) is 5.95. The van der Waals surface area contributed by atoms with Crippen LogP contribution in [0.4, 0.5) is 5.69 Å². The van der Waals surface area contributed by atoms with Crippen LogP contribution in [0.1, 0.15) is 32.9 Å². The summed E-state index contributed by atoms with van der Waals surface area (Å²) in [5.41, 5.74) is 5.12. The van der Waals surface area contributed by atoms with Gasteiger partial charge in [-0.3, -0.25) is 9.89 Å². The number of H-pyrrole nitrogens is 1. The maximum atomic E-state index is 12.3. The van der Waals surface area contributed by atoms with Gasteiger partial charge in [-0.05, 0) is 38.8 Å². The Balaban J connectivity index is 2.33. The minimum Gasteiger partial charge on any atom is -0.321 e. The molecule has 0 aliphatic heterocycles. The molecule has 0 spiro atoms. The third kappa shape index (κ3) is 2.14. The first-order valence-electron chi connectivity index (χ1n) is 5.90. The highest BCUT2D eigenvalue weighted by molar-refractivity contribution is 6.06. The zero-order chi connectivity index (χ0) is 13.3. The van der Waals surface area contributed by atoms with Crippen molar-refractivity contribution in [3.05, 3.63) is 46.3 Å². The average molecular weight is 243 g/mol. The number of carbonyl (C=O) groups is 1. The second-order valence-electron chi connectivity index (χ2n) is 4.53. The van der Waals surface area contributed by atoms with Gasteiger partial charge in [0.05, 0.1) is 11.3 Å². The monoisotopic (exact) mass is 243 g/mol. The zero-order valence-corrected chi connectivity index (χ0v) is 11.1. The molecule has 4 heteroatoms. The summed E-state index contributed by atoms with van der Waals surface area (Å²) >= 11 is 0. The molecule has 0 bridgehead atoms. The standard InChI is InChI=1S/C14H17N3O/c1-8-6-5-7-9(2)13(8)15-14(18)12-10(3)16-17-11(12)4/h5-7H,1-4H3,(H,15,18)(H,16,17). The molecule has 2 N–H and O–H groups in total. The second kappa shape index (κ2) is 4.64. The Kier molecular flexibility index (Phi) is 3.19. The smallest absolute Gasteiger partial charge is 0.259 e. The summed E-state index contributed by atoms with van der Waals surface area (Å²) < 4.78 is 0. The van der Waals surface area contributed by atoms with Gasteiger partial charge in [-0.25, -0.2) is 0 Å². The quantitative estimate of drug-likeness (QED) is 0.852. The molecule has 0 atom stereocenters. The molecular weight excluding hydrogens is 226 g/mol. The number of hydrogen-bond acceptors (Lipinski definition) is 2. The normalized spacial score (nSPS) is 10.4. The third-order valence-corrected chi connectivity index (χ3v) is 3.07. The number of carbonyl (C=O) groups excluding carboxylic acids is 1. The zero-order valence-electron chi connectivity index (χ0n) is 11.1. The van der Waals surface area contributed by atoms with Crippen LogP contribution in [0.25, 0.3) is 0 Å². The number of aromatic nitrogens is 2. The molecule has 4 nitrogen and oxygen atoms in total. The predicted molar refractivity (Wildman–Crippen MR) is 71.9 cm³/mol. The van der Waals surface area contributed by atoms with Gasteiger partial charge in [0.2, 0.25) is 0 Å². The van der Waals surface area contributed by atoms with E-state index in [1.807, 2.05) is 45.9 Å². The lowest BCUT2D eigenvalue weighted by atomic mass is 10.1. The van der Waals surface area contributed by atoms with E-state index in [1.54, 1.807) is 0 Å². The summed E-state index contributed by atoms with van der Waals surface area (Å²) in [6.45, 7) is 7.64. The first-order chi connectivity index (χ1) is 8.50. The van der Waals surface area contributed by atoms with Crippen molar-refractivity contribution in [1.82, 2.24) is 10.2 Å². The number of hydrogen-bond donors (Lipinski definition) is 2. The molecule has 0 unspecified atom stereocenters. The number of anilines is 1. The highest BCUT2D eigenvalue weighted by Gasteiger charge is 2.16. The summed E-state index contributed by atoms with van der Waals surface area (Å²) in [5.74, 6) is -0.115. The van der Waals surface area contributed by atoms with Gasteiger partial charge >= 0.3 is 0 Å². The highest BCUT2D eigenvalue weighted by atomic mass is 16.1. The van der Waals surface area contributed by atoms with Crippen LogP contribution in [0.2, 0.25) is 0 Å². The number of nitrogens with zero attached hydrogens (tertiary/aromatic N) is 1. The molecule has 0 saturated carbocycles. The van der Waals surface area contributed by atoms with Gasteiger partial charge in [-0.1, -0.05) is 18.2 Å². The largest absolute Gasteiger partial charge is 0.321 e. The molecule has 18 heavy (non-hydrogen) atoms. The van der Waals surface area contributed by atoms with Gasteiger partial charge in [0, 0.05) is 11.4 Å². The van der Waals surface area contributed by atoms with Crippen molar-refractivity contribution in [2.75, 3.05) is 5.32 Å². The van der Waals surface area contributed by atoms with E-state index in [4.69, 9.17) is 0 Å². The lowest BCUT2D eigenvalue weighted by Gasteiger charge is -2.11. The Labute approximate surface area is 106 Å². The topological polar surface area (TPSA) is 57.8 Å². The molecule has 2 rings (SSSR count). The van der Waals surface area contributed by atoms with Gasteiger partial charge in [0.25, 0.3) is 5.91 Å². The third-order valence-electron chi connectivity index (χ3n) is 3.07. The van der Waals surface area contributed by atoms with E-state index in [1.165, 1.54) is 0 Å². The lowest BCUT2D eigenvalue weighted by Crippen LogP contribution is -2.15. The van der Waals surface area contributed by atoms with Crippen LogP contribution in [0.5, 0.6) is 0 Å². The number of amides is 1. The van der Waals surface area contributed by atoms with Crippen LogP contribution in [-0.2, 0) is 0 Å². The molecule has 0 saturated heterocycles. The Hall–Kier alpha value is -2.10. The Morgan fingerprint density at radius 3 is 2.28 bits per heavy atom. The molecule has 0 fully saturated rings. The van der Waals surface area contributed by atoms with E-state index in [0.29, 0.717) is 5.56 Å². The number of nitrogens with one attached hydrogen (secondary N) is 2. The molecule has 1 heterocycles. The highest BCUT2D eigenvalue weighted by Crippen LogP contribution is 2.21. The van der Waals surface area contributed by atoms with Crippen molar-refractivity contribution in [2.24, 2.45) is 0 Å². The molecule has 0 radical (unpaired) electrons. The molecule has 1 aromatic carbocycles. The van der Waals surface area contributed by atoms with Crippen LogP contribution in [0.15, 0.2) is 18.2 Å². The molecule has 94 valence electrons. The Bertz CT molecular complexity index is 559. The first-order valence-corrected chi connectivity index (χ1v) is 5.90. The van der Waals surface area contributed by atoms with Crippen molar-refractivity contribution in [3.63, 3.8) is 0 Å². The number of benzene rings is 1. The van der Waals surface area contributed by atoms with E-state index in [-0.39, 0.29) is 5.91 Å². The fourth-order valence-corrected chi connectivity index (χ4v) is 2.07. The number of aromatic amines is 1. The Morgan fingerprint density at radius 2 is 1.78 bits per heavy atom. The SMILES string of the molecule is Cc1cccc(C)c1NC(=O)c1c(C)n[nH]c1C. The maximum absolute atomic E-state index is 12.3. The predicted octanol–water partition coefficient (Wildman–Crippen LogP) is 2.90. The minimum absolute atomic E-state index is 0.115. The molecule has 1 amide bonds. The van der Waals surface area contributed by atoms with Gasteiger partial charge in [-0.2, -0.15) is 5.10 Å². The summed E-state index contributed by atoms with van der Waals surface area (Å²) in [6.07, 6.45) is 0. The van der Waals surface area contributed by atoms with E-state index < -0.39 is 0 Å². The van der Waals surface area contributed by atoms with Gasteiger partial charge in [0.15, 0.2) is 0 Å².